The predicted molar refractivity (Wildman–Crippen MR) is 98.7 cm³/mol. The van der Waals surface area contributed by atoms with Gasteiger partial charge in [0.05, 0.1) is 0 Å². The molecule has 0 fully saturated rings. The molecule has 0 bridgehead atoms. The van der Waals surface area contributed by atoms with Crippen LogP contribution in [0.5, 0.6) is 0 Å². The van der Waals surface area contributed by atoms with Crippen molar-refractivity contribution < 1.29 is 4.79 Å². The molecule has 0 aliphatic rings. The van der Waals surface area contributed by atoms with E-state index in [0.29, 0.717) is 6.54 Å². The first-order valence-electron chi connectivity index (χ1n) is 8.27. The Labute approximate surface area is 144 Å². The second-order valence-electron chi connectivity index (χ2n) is 6.84. The summed E-state index contributed by atoms with van der Waals surface area (Å²) in [6.45, 7) is 6.23. The predicted octanol–water partition coefficient (Wildman–Crippen LogP) is 3.40. The maximum absolute atomic E-state index is 12.1. The Bertz CT molecular complexity index is 626. The van der Waals surface area contributed by atoms with E-state index < -0.39 is 0 Å². The summed E-state index contributed by atoms with van der Waals surface area (Å²) in [5.41, 5.74) is 2.04. The summed E-state index contributed by atoms with van der Waals surface area (Å²) in [6.07, 6.45) is 0. The van der Waals surface area contributed by atoms with Gasteiger partial charge < -0.3 is 10.6 Å². The first-order valence-corrected chi connectivity index (χ1v) is 8.27. The van der Waals surface area contributed by atoms with Gasteiger partial charge >= 0.3 is 6.03 Å². The number of hydrogen-bond donors (Lipinski definition) is 2. The minimum atomic E-state index is -0.315. The molecule has 0 aromatic heterocycles. The third-order valence-electron chi connectivity index (χ3n) is 3.71. The Morgan fingerprint density at radius 2 is 1.50 bits per heavy atom. The number of hydrogen-bond acceptors (Lipinski definition) is 2. The third-order valence-corrected chi connectivity index (χ3v) is 3.71. The van der Waals surface area contributed by atoms with Crippen LogP contribution in [0.15, 0.2) is 60.7 Å². The minimum Gasteiger partial charge on any atom is -0.334 e. The topological polar surface area (TPSA) is 44.4 Å². The summed E-state index contributed by atoms with van der Waals surface area (Å²) >= 11 is 0. The average molecular weight is 325 g/mol. The van der Waals surface area contributed by atoms with Gasteiger partial charge in [0, 0.05) is 25.2 Å². The lowest BCUT2D eigenvalue weighted by Crippen LogP contribution is -2.53. The fraction of sp³-hybridized carbons (Fsp3) is 0.350. The smallest absolute Gasteiger partial charge is 0.315 e. The van der Waals surface area contributed by atoms with E-state index in [9.17, 15) is 4.79 Å². The molecule has 4 nitrogen and oxygen atoms in total. The van der Waals surface area contributed by atoms with Crippen molar-refractivity contribution >= 4 is 6.03 Å². The van der Waals surface area contributed by atoms with Gasteiger partial charge in [0.1, 0.15) is 0 Å². The highest BCUT2D eigenvalue weighted by Gasteiger charge is 2.22. The van der Waals surface area contributed by atoms with E-state index in [-0.39, 0.29) is 11.6 Å². The molecule has 2 rings (SSSR count). The molecule has 2 aromatic rings. The van der Waals surface area contributed by atoms with Crippen molar-refractivity contribution in [2.24, 2.45) is 0 Å². The van der Waals surface area contributed by atoms with Crippen LogP contribution in [0.3, 0.4) is 0 Å². The molecule has 2 aromatic carbocycles. The quantitative estimate of drug-likeness (QED) is 0.819. The van der Waals surface area contributed by atoms with Crippen LogP contribution in [0, 0.1) is 0 Å². The molecule has 0 saturated carbocycles. The summed E-state index contributed by atoms with van der Waals surface area (Å²) in [4.78, 5) is 14.3. The summed E-state index contributed by atoms with van der Waals surface area (Å²) < 4.78 is 0. The molecule has 0 saturated heterocycles. The van der Waals surface area contributed by atoms with Gasteiger partial charge in [-0.1, -0.05) is 60.7 Å². The number of nitrogens with one attached hydrogen (secondary N) is 2. The second kappa shape index (κ2) is 8.50. The first-order chi connectivity index (χ1) is 11.4. The van der Waals surface area contributed by atoms with E-state index in [1.807, 2.05) is 62.4 Å². The number of likely N-dealkylation sites (N-methyl/N-ethyl adjacent to an activating group) is 1. The molecule has 0 aliphatic heterocycles. The Morgan fingerprint density at radius 1 is 0.958 bits per heavy atom. The molecule has 4 heteroatoms. The van der Waals surface area contributed by atoms with Crippen molar-refractivity contribution in [1.82, 2.24) is 15.5 Å². The van der Waals surface area contributed by atoms with Gasteiger partial charge in [-0.15, -0.1) is 0 Å². The molecule has 0 aliphatic carbocycles. The van der Waals surface area contributed by atoms with Gasteiger partial charge in [0.2, 0.25) is 0 Å². The van der Waals surface area contributed by atoms with E-state index in [1.54, 1.807) is 0 Å². The number of carbonyl (C=O) groups excluding carboxylic acids is 1. The molecule has 2 amide bonds. The van der Waals surface area contributed by atoms with E-state index in [0.717, 1.165) is 18.7 Å². The van der Waals surface area contributed by atoms with Crippen LogP contribution in [0.1, 0.15) is 25.0 Å². The molecule has 0 spiro atoms. The average Bonchev–Trinajstić information content (AvgIpc) is 2.53. The largest absolute Gasteiger partial charge is 0.334 e. The minimum absolute atomic E-state index is 0.142. The fourth-order valence-corrected chi connectivity index (χ4v) is 2.80. The highest BCUT2D eigenvalue weighted by atomic mass is 16.2. The zero-order valence-electron chi connectivity index (χ0n) is 14.8. The zero-order valence-corrected chi connectivity index (χ0v) is 14.8. The molecule has 0 unspecified atom stereocenters. The van der Waals surface area contributed by atoms with Gasteiger partial charge in [-0.25, -0.2) is 4.79 Å². The Morgan fingerprint density at radius 3 is 2.08 bits per heavy atom. The normalized spacial score (nSPS) is 11.3. The van der Waals surface area contributed by atoms with E-state index >= 15 is 0 Å². The van der Waals surface area contributed by atoms with Crippen LogP contribution in [-0.2, 0) is 13.1 Å². The fourth-order valence-electron chi connectivity index (χ4n) is 2.80. The molecular formula is C20H27N3O. The maximum Gasteiger partial charge on any atom is 0.315 e. The highest BCUT2D eigenvalue weighted by Crippen LogP contribution is 2.09. The van der Waals surface area contributed by atoms with Gasteiger partial charge in [-0.05, 0) is 32.0 Å². The molecule has 0 atom stereocenters. The van der Waals surface area contributed by atoms with E-state index in [1.165, 1.54) is 5.56 Å². The number of benzene rings is 2. The first kappa shape index (κ1) is 18.0. The SMILES string of the molecule is CN(Cc1ccccc1)CC(C)(C)NC(=O)NCc1ccccc1. The lowest BCUT2D eigenvalue weighted by atomic mass is 10.0. The monoisotopic (exact) mass is 325 g/mol. The number of urea groups is 1. The number of amides is 2. The van der Waals surface area contributed by atoms with Crippen molar-refractivity contribution in [3.05, 3.63) is 71.8 Å². The number of rotatable bonds is 7. The molecular weight excluding hydrogens is 298 g/mol. The van der Waals surface area contributed by atoms with E-state index in [4.69, 9.17) is 0 Å². The van der Waals surface area contributed by atoms with Crippen LogP contribution < -0.4 is 10.6 Å². The van der Waals surface area contributed by atoms with Crippen molar-refractivity contribution in [1.29, 1.82) is 0 Å². The van der Waals surface area contributed by atoms with Crippen LogP contribution >= 0.6 is 0 Å². The van der Waals surface area contributed by atoms with Gasteiger partial charge in [0.15, 0.2) is 0 Å². The Hall–Kier alpha value is -2.33. The molecule has 0 heterocycles. The number of carbonyl (C=O) groups is 1. The van der Waals surface area contributed by atoms with Gasteiger partial charge in [-0.3, -0.25) is 4.90 Å². The summed E-state index contributed by atoms with van der Waals surface area (Å²) in [6, 6.07) is 20.1. The van der Waals surface area contributed by atoms with Crippen molar-refractivity contribution in [2.45, 2.75) is 32.5 Å². The van der Waals surface area contributed by atoms with Crippen LogP contribution in [-0.4, -0.2) is 30.1 Å². The highest BCUT2D eigenvalue weighted by molar-refractivity contribution is 5.74. The molecule has 0 radical (unpaired) electrons. The van der Waals surface area contributed by atoms with Gasteiger partial charge in [-0.2, -0.15) is 0 Å². The summed E-state index contributed by atoms with van der Waals surface area (Å²) in [7, 11) is 2.07. The Balaban J connectivity index is 1.78. The summed E-state index contributed by atoms with van der Waals surface area (Å²) in [5, 5.41) is 5.96. The Kier molecular flexibility index (Phi) is 6.38. The lowest BCUT2D eigenvalue weighted by Gasteiger charge is -2.31. The molecule has 24 heavy (non-hydrogen) atoms. The van der Waals surface area contributed by atoms with E-state index in [2.05, 4.69) is 34.7 Å². The third kappa shape index (κ3) is 6.42. The van der Waals surface area contributed by atoms with Crippen molar-refractivity contribution in [3.8, 4) is 0 Å². The maximum atomic E-state index is 12.1. The van der Waals surface area contributed by atoms with Crippen molar-refractivity contribution in [2.75, 3.05) is 13.6 Å². The molecule has 128 valence electrons. The van der Waals surface area contributed by atoms with Crippen LogP contribution in [0.4, 0.5) is 4.79 Å². The molecule has 2 N–H and O–H groups in total. The zero-order chi connectivity index (χ0) is 17.4. The number of nitrogens with zero attached hydrogens (tertiary/aromatic N) is 1. The standard InChI is InChI=1S/C20H27N3O/c1-20(2,16-23(3)15-18-12-8-5-9-13-18)22-19(24)21-14-17-10-6-4-7-11-17/h4-13H,14-16H2,1-3H3,(H2,21,22,24). The summed E-state index contributed by atoms with van der Waals surface area (Å²) in [5.74, 6) is 0. The van der Waals surface area contributed by atoms with Crippen LogP contribution in [0.25, 0.3) is 0 Å². The van der Waals surface area contributed by atoms with Crippen molar-refractivity contribution in [3.63, 3.8) is 0 Å². The second-order valence-corrected chi connectivity index (χ2v) is 6.84. The van der Waals surface area contributed by atoms with Crippen LogP contribution in [0.2, 0.25) is 0 Å². The van der Waals surface area contributed by atoms with Gasteiger partial charge in [0.25, 0.3) is 0 Å². The lowest BCUT2D eigenvalue weighted by molar-refractivity contribution is 0.206.